The van der Waals surface area contributed by atoms with E-state index in [0.29, 0.717) is 58.7 Å². The van der Waals surface area contributed by atoms with Crippen molar-refractivity contribution in [2.45, 2.75) is 71.4 Å². The first-order chi connectivity index (χ1) is 26.3. The highest BCUT2D eigenvalue weighted by Gasteiger charge is 2.29. The smallest absolute Gasteiger partial charge is 0.410 e. The molecule has 290 valence electrons. The number of nitrogens with zero attached hydrogens (tertiary/aromatic N) is 4. The van der Waals surface area contributed by atoms with Crippen molar-refractivity contribution in [3.05, 3.63) is 88.0 Å². The standard InChI is InChI=1S/C42H48Cl2N6O5/c1-25(53-6)20-45-21-27-22-49(5)39-29(27)16-18-34(47-39)32-12-8-10-30(37(32)43)31-11-9-13-33(38(31)44)35-17-14-26(40(48-35)54-7)23-50(41(52)55-42(2,3)4)24-28-15-19-36(51)46-28/h8-14,16-18,22,25,28,45H,15,19-21,23-24H2,1-7H3,(H,46,51)/t25-,28-/m0/s1. The number of pyridine rings is 2. The van der Waals surface area contributed by atoms with Crippen LogP contribution in [0.4, 0.5) is 4.79 Å². The fourth-order valence-electron chi connectivity index (χ4n) is 6.72. The number of nitrogens with one attached hydrogen (secondary N) is 2. The number of benzene rings is 2. The molecule has 3 aromatic heterocycles. The summed E-state index contributed by atoms with van der Waals surface area (Å²) < 4.78 is 18.9. The maximum atomic E-state index is 13.3. The summed E-state index contributed by atoms with van der Waals surface area (Å²) in [6.07, 6.45) is 2.80. The molecule has 1 aliphatic rings. The molecule has 2 aromatic carbocycles. The quantitative estimate of drug-likeness (QED) is 0.122. The van der Waals surface area contributed by atoms with Gasteiger partial charge in [0, 0.05) is 85.7 Å². The second-order valence-electron chi connectivity index (χ2n) is 14.9. The van der Waals surface area contributed by atoms with E-state index < -0.39 is 11.7 Å². The Kier molecular flexibility index (Phi) is 12.4. The average Bonchev–Trinajstić information content (AvgIpc) is 3.71. The van der Waals surface area contributed by atoms with Gasteiger partial charge in [-0.2, -0.15) is 0 Å². The fourth-order valence-corrected chi connectivity index (χ4v) is 7.37. The number of aromatic nitrogens is 3. The van der Waals surface area contributed by atoms with E-state index in [1.54, 1.807) is 12.0 Å². The molecule has 2 N–H and O–H groups in total. The van der Waals surface area contributed by atoms with E-state index >= 15 is 0 Å². The molecule has 11 nitrogen and oxygen atoms in total. The van der Waals surface area contributed by atoms with E-state index in [9.17, 15) is 9.59 Å². The Balaban J connectivity index is 1.27. The minimum absolute atomic E-state index is 0.0263. The Morgan fingerprint density at radius 2 is 1.60 bits per heavy atom. The molecule has 2 atom stereocenters. The van der Waals surface area contributed by atoms with Crippen molar-refractivity contribution in [2.24, 2.45) is 7.05 Å². The third kappa shape index (κ3) is 9.24. The van der Waals surface area contributed by atoms with Crippen molar-refractivity contribution >= 4 is 46.2 Å². The van der Waals surface area contributed by atoms with E-state index in [0.717, 1.165) is 45.5 Å². The third-order valence-corrected chi connectivity index (χ3v) is 10.4. The molecule has 0 unspecified atom stereocenters. The number of methoxy groups -OCH3 is 2. The molecule has 0 aliphatic carbocycles. The van der Waals surface area contributed by atoms with Gasteiger partial charge in [0.25, 0.3) is 0 Å². The number of aryl methyl sites for hydroxylation is 1. The van der Waals surface area contributed by atoms with Gasteiger partial charge in [-0.15, -0.1) is 0 Å². The first-order valence-electron chi connectivity index (χ1n) is 18.3. The number of fused-ring (bicyclic) bond motifs is 1. The third-order valence-electron chi connectivity index (χ3n) is 9.56. The Morgan fingerprint density at radius 1 is 0.964 bits per heavy atom. The van der Waals surface area contributed by atoms with Crippen molar-refractivity contribution in [3.8, 4) is 39.5 Å². The summed E-state index contributed by atoms with van der Waals surface area (Å²) in [5, 5.41) is 8.47. The molecule has 0 radical (unpaired) electrons. The van der Waals surface area contributed by atoms with Gasteiger partial charge in [0.15, 0.2) is 0 Å². The zero-order valence-corrected chi connectivity index (χ0v) is 33.8. The van der Waals surface area contributed by atoms with Gasteiger partial charge < -0.3 is 34.3 Å². The maximum Gasteiger partial charge on any atom is 0.410 e. The van der Waals surface area contributed by atoms with Crippen molar-refractivity contribution in [2.75, 3.05) is 27.3 Å². The summed E-state index contributed by atoms with van der Waals surface area (Å²) in [4.78, 5) is 36.7. The normalized spacial score (nSPS) is 14.9. The highest BCUT2D eigenvalue weighted by Crippen LogP contribution is 2.42. The number of carbonyl (C=O) groups excluding carboxylic acids is 2. The zero-order chi connectivity index (χ0) is 39.4. The summed E-state index contributed by atoms with van der Waals surface area (Å²) in [5.41, 5.74) is 6.30. The summed E-state index contributed by atoms with van der Waals surface area (Å²) >= 11 is 14.4. The van der Waals surface area contributed by atoms with Crippen LogP contribution in [0.3, 0.4) is 0 Å². The number of carbonyl (C=O) groups is 2. The molecule has 2 amide bonds. The SMILES string of the molecule is COc1nc(-c2cccc(-c3cccc(-c4ccc5c(CNC[C@H](C)OC)cn(C)c5n4)c3Cl)c2Cl)ccc1CN(C[C@@H]1CCC(=O)N1)C(=O)OC(C)(C)C. The van der Waals surface area contributed by atoms with E-state index in [-0.39, 0.29) is 24.6 Å². The van der Waals surface area contributed by atoms with Crippen molar-refractivity contribution in [1.82, 2.24) is 30.1 Å². The lowest BCUT2D eigenvalue weighted by Crippen LogP contribution is -2.43. The number of hydrogen-bond donors (Lipinski definition) is 2. The largest absolute Gasteiger partial charge is 0.481 e. The molecule has 6 rings (SSSR count). The van der Waals surface area contributed by atoms with Gasteiger partial charge in [-0.05, 0) is 63.9 Å². The minimum Gasteiger partial charge on any atom is -0.481 e. The lowest BCUT2D eigenvalue weighted by atomic mass is 9.98. The van der Waals surface area contributed by atoms with Gasteiger partial charge in [0.2, 0.25) is 11.8 Å². The molecule has 1 aliphatic heterocycles. The predicted octanol–water partition coefficient (Wildman–Crippen LogP) is 8.42. The summed E-state index contributed by atoms with van der Waals surface area (Å²) in [7, 11) is 5.24. The molecule has 0 bridgehead atoms. The maximum absolute atomic E-state index is 13.3. The second kappa shape index (κ2) is 17.0. The Labute approximate surface area is 332 Å². The Morgan fingerprint density at radius 3 is 2.20 bits per heavy atom. The molecule has 13 heteroatoms. The van der Waals surface area contributed by atoms with Crippen molar-refractivity contribution in [3.63, 3.8) is 0 Å². The molecular weight excluding hydrogens is 739 g/mol. The van der Waals surface area contributed by atoms with Crippen molar-refractivity contribution in [1.29, 1.82) is 0 Å². The van der Waals surface area contributed by atoms with Crippen LogP contribution in [0.25, 0.3) is 44.7 Å². The molecule has 0 spiro atoms. The monoisotopic (exact) mass is 786 g/mol. The number of hydrogen-bond acceptors (Lipinski definition) is 8. The average molecular weight is 788 g/mol. The van der Waals surface area contributed by atoms with Crippen LogP contribution in [0, 0.1) is 0 Å². The molecule has 55 heavy (non-hydrogen) atoms. The van der Waals surface area contributed by atoms with Crippen molar-refractivity contribution < 1.29 is 23.8 Å². The number of ether oxygens (including phenoxy) is 3. The van der Waals surface area contributed by atoms with Gasteiger partial charge in [-0.25, -0.2) is 14.8 Å². The lowest BCUT2D eigenvalue weighted by Gasteiger charge is -2.29. The topological polar surface area (TPSA) is 120 Å². The van der Waals surface area contributed by atoms with Crippen LogP contribution in [-0.4, -0.2) is 76.5 Å². The van der Waals surface area contributed by atoms with Crippen LogP contribution < -0.4 is 15.4 Å². The first-order valence-corrected chi connectivity index (χ1v) is 19.1. The van der Waals surface area contributed by atoms with E-state index in [4.69, 9.17) is 47.4 Å². The van der Waals surface area contributed by atoms with Gasteiger partial charge in [0.05, 0.1) is 41.2 Å². The molecule has 5 aromatic rings. The summed E-state index contributed by atoms with van der Waals surface area (Å²) in [6, 6.07) is 19.2. The summed E-state index contributed by atoms with van der Waals surface area (Å²) in [6.45, 7) is 9.40. The number of rotatable bonds is 13. The molecule has 4 heterocycles. The molecule has 1 fully saturated rings. The van der Waals surface area contributed by atoms with Crippen LogP contribution in [-0.2, 0) is 34.4 Å². The van der Waals surface area contributed by atoms with E-state index in [2.05, 4.69) is 22.9 Å². The van der Waals surface area contributed by atoms with E-state index in [1.807, 2.05) is 93.9 Å². The van der Waals surface area contributed by atoms with Gasteiger partial charge in [0.1, 0.15) is 11.2 Å². The van der Waals surface area contributed by atoms with Crippen LogP contribution in [0.5, 0.6) is 5.88 Å². The fraction of sp³-hybridized carbons (Fsp3) is 0.381. The minimum atomic E-state index is -0.693. The van der Waals surface area contributed by atoms with Gasteiger partial charge in [-0.3, -0.25) is 4.79 Å². The molecule has 0 saturated carbocycles. The number of amides is 2. The Hall–Kier alpha value is -4.68. The highest BCUT2D eigenvalue weighted by molar-refractivity contribution is 6.39. The second-order valence-corrected chi connectivity index (χ2v) is 15.6. The van der Waals surface area contributed by atoms with Crippen LogP contribution >= 0.6 is 23.2 Å². The highest BCUT2D eigenvalue weighted by atomic mass is 35.5. The predicted molar refractivity (Wildman–Crippen MR) is 217 cm³/mol. The van der Waals surface area contributed by atoms with Gasteiger partial charge in [-0.1, -0.05) is 59.6 Å². The Bertz CT molecular complexity index is 2200. The summed E-state index contributed by atoms with van der Waals surface area (Å²) in [5.74, 6) is 0.315. The van der Waals surface area contributed by atoms with Crippen LogP contribution in [0.15, 0.2) is 66.9 Å². The van der Waals surface area contributed by atoms with Crippen LogP contribution in [0.1, 0.15) is 51.7 Å². The van der Waals surface area contributed by atoms with Crippen LogP contribution in [0.2, 0.25) is 10.0 Å². The lowest BCUT2D eigenvalue weighted by molar-refractivity contribution is -0.119. The van der Waals surface area contributed by atoms with E-state index in [1.165, 1.54) is 7.11 Å². The molecular formula is C42H48Cl2N6O5. The number of halogens is 2. The zero-order valence-electron chi connectivity index (χ0n) is 32.3. The van der Waals surface area contributed by atoms with Gasteiger partial charge >= 0.3 is 6.09 Å². The first kappa shape index (κ1) is 40.0. The molecule has 1 saturated heterocycles.